The maximum atomic E-state index is 14.4. The van der Waals surface area contributed by atoms with E-state index in [1.54, 1.807) is 12.1 Å². The molecule has 1 aliphatic carbocycles. The number of benzene rings is 2. The van der Waals surface area contributed by atoms with Crippen molar-refractivity contribution in [3.8, 4) is 11.8 Å². The Labute approximate surface area is 178 Å². The minimum Gasteiger partial charge on any atom is -0.206 e. The molecule has 1 aliphatic rings. The highest BCUT2D eigenvalue weighted by Gasteiger charge is 2.20. The lowest BCUT2D eigenvalue weighted by molar-refractivity contribution is 0.249. The van der Waals surface area contributed by atoms with E-state index in [1.165, 1.54) is 57.4 Å². The van der Waals surface area contributed by atoms with Gasteiger partial charge in [0.1, 0.15) is 5.82 Å². The highest BCUT2D eigenvalue weighted by atomic mass is 19.2. The zero-order valence-electron chi connectivity index (χ0n) is 17.8. The lowest BCUT2D eigenvalue weighted by atomic mass is 9.78. The van der Waals surface area contributed by atoms with Crippen LogP contribution in [0.1, 0.15) is 81.4 Å². The Bertz CT molecular complexity index is 883. The van der Waals surface area contributed by atoms with E-state index in [0.717, 1.165) is 42.4 Å². The summed E-state index contributed by atoms with van der Waals surface area (Å²) in [6.45, 7) is 2.26. The predicted octanol–water partition coefficient (Wildman–Crippen LogP) is 7.82. The molecule has 1 saturated carbocycles. The second kappa shape index (κ2) is 11.3. The fourth-order valence-corrected chi connectivity index (χ4v) is 4.39. The SMILES string of the molecule is CCCCCC1CCC(CCc2ccc(C#Cc3ccc(F)c(F)c3)c(F)c2)CC1. The first-order chi connectivity index (χ1) is 14.5. The van der Waals surface area contributed by atoms with Gasteiger partial charge in [0.15, 0.2) is 11.6 Å². The Hall–Kier alpha value is -2.21. The molecule has 0 atom stereocenters. The maximum Gasteiger partial charge on any atom is 0.160 e. The van der Waals surface area contributed by atoms with Crippen molar-refractivity contribution in [2.24, 2.45) is 11.8 Å². The number of unbranched alkanes of at least 4 members (excludes halogenated alkanes) is 2. The minimum absolute atomic E-state index is 0.274. The van der Waals surface area contributed by atoms with Crippen LogP contribution in [-0.2, 0) is 6.42 Å². The Morgan fingerprint density at radius 1 is 0.767 bits per heavy atom. The van der Waals surface area contributed by atoms with E-state index in [0.29, 0.717) is 5.56 Å². The van der Waals surface area contributed by atoms with Gasteiger partial charge in [-0.1, -0.05) is 76.2 Å². The molecular weight excluding hydrogens is 381 g/mol. The molecular formula is C27H31F3. The van der Waals surface area contributed by atoms with Crippen molar-refractivity contribution in [2.45, 2.75) is 71.1 Å². The summed E-state index contributed by atoms with van der Waals surface area (Å²) >= 11 is 0. The first kappa shape index (κ1) is 22.5. The molecule has 0 heterocycles. The summed E-state index contributed by atoms with van der Waals surface area (Å²) in [4.78, 5) is 0. The van der Waals surface area contributed by atoms with Crippen LogP contribution in [0.4, 0.5) is 13.2 Å². The summed E-state index contributed by atoms with van der Waals surface area (Å²) in [6, 6.07) is 8.60. The van der Waals surface area contributed by atoms with Gasteiger partial charge in [-0.3, -0.25) is 0 Å². The van der Waals surface area contributed by atoms with Gasteiger partial charge < -0.3 is 0 Å². The smallest absolute Gasteiger partial charge is 0.160 e. The predicted molar refractivity (Wildman–Crippen MR) is 117 cm³/mol. The van der Waals surface area contributed by atoms with Gasteiger partial charge in [-0.2, -0.15) is 0 Å². The lowest BCUT2D eigenvalue weighted by Gasteiger charge is -2.28. The first-order valence-corrected chi connectivity index (χ1v) is 11.3. The average Bonchev–Trinajstić information content (AvgIpc) is 2.75. The van der Waals surface area contributed by atoms with Crippen LogP contribution in [0.3, 0.4) is 0 Å². The average molecular weight is 413 g/mol. The van der Waals surface area contributed by atoms with Gasteiger partial charge in [0.2, 0.25) is 0 Å². The van der Waals surface area contributed by atoms with Gasteiger partial charge >= 0.3 is 0 Å². The van der Waals surface area contributed by atoms with E-state index in [9.17, 15) is 13.2 Å². The Kier molecular flexibility index (Phi) is 8.43. The third-order valence-electron chi connectivity index (χ3n) is 6.32. The second-order valence-electron chi connectivity index (χ2n) is 8.61. The molecule has 0 spiro atoms. The molecule has 0 unspecified atom stereocenters. The van der Waals surface area contributed by atoms with E-state index in [1.807, 2.05) is 6.07 Å². The van der Waals surface area contributed by atoms with Crippen LogP contribution in [0, 0.1) is 41.1 Å². The van der Waals surface area contributed by atoms with Gasteiger partial charge in [-0.15, -0.1) is 0 Å². The van der Waals surface area contributed by atoms with Gasteiger partial charge in [0, 0.05) is 5.56 Å². The fraction of sp³-hybridized carbons (Fsp3) is 0.481. The number of rotatable bonds is 7. The molecule has 2 aromatic rings. The summed E-state index contributed by atoms with van der Waals surface area (Å²) in [6.07, 6.45) is 12.7. The van der Waals surface area contributed by atoms with Crippen molar-refractivity contribution in [3.63, 3.8) is 0 Å². The largest absolute Gasteiger partial charge is 0.206 e. The Balaban J connectivity index is 1.49. The van der Waals surface area contributed by atoms with Crippen molar-refractivity contribution in [2.75, 3.05) is 0 Å². The molecule has 0 saturated heterocycles. The zero-order chi connectivity index (χ0) is 21.3. The van der Waals surface area contributed by atoms with Crippen molar-refractivity contribution < 1.29 is 13.2 Å². The highest BCUT2D eigenvalue weighted by Crippen LogP contribution is 2.34. The molecule has 30 heavy (non-hydrogen) atoms. The number of hydrogen-bond donors (Lipinski definition) is 0. The van der Waals surface area contributed by atoms with Crippen LogP contribution in [0.25, 0.3) is 0 Å². The number of aryl methyl sites for hydroxylation is 1. The van der Waals surface area contributed by atoms with Gasteiger partial charge in [0.05, 0.1) is 5.56 Å². The van der Waals surface area contributed by atoms with Gasteiger partial charge in [-0.05, 0) is 60.6 Å². The van der Waals surface area contributed by atoms with Crippen molar-refractivity contribution in [1.29, 1.82) is 0 Å². The standard InChI is InChI=1S/C27H31F3/c1-2-3-4-5-20-6-8-21(9-7-20)10-11-22-12-15-24(26(29)18-22)16-13-23-14-17-25(28)27(30)19-23/h12,14-15,17-21H,2-11H2,1H3. The monoisotopic (exact) mass is 412 g/mol. The van der Waals surface area contributed by atoms with E-state index >= 15 is 0 Å². The van der Waals surface area contributed by atoms with Crippen LogP contribution in [0.5, 0.6) is 0 Å². The minimum atomic E-state index is -0.951. The molecule has 2 aromatic carbocycles. The molecule has 3 heteroatoms. The first-order valence-electron chi connectivity index (χ1n) is 11.3. The molecule has 0 aliphatic heterocycles. The van der Waals surface area contributed by atoms with E-state index in [2.05, 4.69) is 18.8 Å². The molecule has 3 rings (SSSR count). The molecule has 0 radical (unpaired) electrons. The summed E-state index contributed by atoms with van der Waals surface area (Å²) in [5.41, 5.74) is 1.59. The normalized spacial score (nSPS) is 18.7. The van der Waals surface area contributed by atoms with E-state index in [-0.39, 0.29) is 11.4 Å². The van der Waals surface area contributed by atoms with Crippen molar-refractivity contribution >= 4 is 0 Å². The summed E-state index contributed by atoms with van der Waals surface area (Å²) < 4.78 is 40.6. The van der Waals surface area contributed by atoms with Crippen molar-refractivity contribution in [3.05, 3.63) is 70.5 Å². The summed E-state index contributed by atoms with van der Waals surface area (Å²) in [5, 5.41) is 0. The number of halogens is 3. The third-order valence-corrected chi connectivity index (χ3v) is 6.32. The van der Waals surface area contributed by atoms with Crippen LogP contribution in [0.15, 0.2) is 36.4 Å². The van der Waals surface area contributed by atoms with Crippen LogP contribution >= 0.6 is 0 Å². The van der Waals surface area contributed by atoms with Gasteiger partial charge in [0.25, 0.3) is 0 Å². The molecule has 0 aromatic heterocycles. The molecule has 160 valence electrons. The molecule has 0 N–H and O–H groups in total. The Morgan fingerprint density at radius 3 is 2.17 bits per heavy atom. The molecule has 0 nitrogen and oxygen atoms in total. The maximum absolute atomic E-state index is 14.4. The summed E-state index contributed by atoms with van der Waals surface area (Å²) in [5.74, 6) is 4.86. The van der Waals surface area contributed by atoms with Crippen LogP contribution in [-0.4, -0.2) is 0 Å². The molecule has 0 bridgehead atoms. The highest BCUT2D eigenvalue weighted by molar-refractivity contribution is 5.44. The zero-order valence-corrected chi connectivity index (χ0v) is 17.8. The third kappa shape index (κ3) is 6.66. The van der Waals surface area contributed by atoms with E-state index in [4.69, 9.17) is 0 Å². The topological polar surface area (TPSA) is 0 Å². The molecule has 1 fully saturated rings. The second-order valence-corrected chi connectivity index (χ2v) is 8.61. The lowest BCUT2D eigenvalue weighted by Crippen LogP contribution is -2.15. The van der Waals surface area contributed by atoms with Crippen LogP contribution < -0.4 is 0 Å². The quantitative estimate of drug-likeness (QED) is 0.321. The van der Waals surface area contributed by atoms with Gasteiger partial charge in [-0.25, -0.2) is 13.2 Å². The fourth-order valence-electron chi connectivity index (χ4n) is 4.39. The number of hydrogen-bond acceptors (Lipinski definition) is 0. The van der Waals surface area contributed by atoms with Crippen LogP contribution in [0.2, 0.25) is 0 Å². The van der Waals surface area contributed by atoms with Crippen molar-refractivity contribution in [1.82, 2.24) is 0 Å². The Morgan fingerprint density at radius 2 is 1.50 bits per heavy atom. The summed E-state index contributed by atoms with van der Waals surface area (Å²) in [7, 11) is 0. The molecule has 0 amide bonds. The van der Waals surface area contributed by atoms with E-state index < -0.39 is 11.6 Å².